The van der Waals surface area contributed by atoms with Crippen molar-refractivity contribution in [3.8, 4) is 0 Å². The molecule has 1 fully saturated rings. The van der Waals surface area contributed by atoms with Crippen molar-refractivity contribution < 1.29 is 4.79 Å². The van der Waals surface area contributed by atoms with Crippen LogP contribution in [0.1, 0.15) is 19.8 Å². The highest BCUT2D eigenvalue weighted by atomic mass is 16.2. The maximum atomic E-state index is 11.7. The van der Waals surface area contributed by atoms with Gasteiger partial charge in [0.15, 0.2) is 0 Å². The zero-order chi connectivity index (χ0) is 9.73. The molecule has 1 saturated heterocycles. The fourth-order valence-corrected chi connectivity index (χ4v) is 1.60. The molecule has 4 heteroatoms. The topological polar surface area (TPSA) is 67.2 Å². The molecule has 1 aliphatic rings. The average molecular weight is 185 g/mol. The summed E-state index contributed by atoms with van der Waals surface area (Å²) in [6, 6.07) is 0. The van der Waals surface area contributed by atoms with Gasteiger partial charge < -0.3 is 16.4 Å². The summed E-state index contributed by atoms with van der Waals surface area (Å²) in [5.74, 6) is 0.152. The second-order valence-electron chi connectivity index (χ2n) is 3.86. The second-order valence-corrected chi connectivity index (χ2v) is 3.86. The van der Waals surface area contributed by atoms with E-state index < -0.39 is 0 Å². The minimum absolute atomic E-state index is 0.152. The van der Waals surface area contributed by atoms with Crippen molar-refractivity contribution in [3.63, 3.8) is 0 Å². The number of hydrogen-bond donors (Lipinski definition) is 3. The third-order valence-electron chi connectivity index (χ3n) is 2.69. The van der Waals surface area contributed by atoms with Crippen LogP contribution in [0, 0.1) is 5.41 Å². The highest BCUT2D eigenvalue weighted by Gasteiger charge is 2.33. The standard InChI is InChI=1S/C9H19N3O/c1-9(2-5-11-6-3-9)8(13)12-7-4-10/h11H,2-7,10H2,1H3,(H,12,13). The fourth-order valence-electron chi connectivity index (χ4n) is 1.60. The number of amides is 1. The molecule has 4 nitrogen and oxygen atoms in total. The first-order chi connectivity index (χ1) is 6.19. The quantitative estimate of drug-likeness (QED) is 0.553. The molecule has 1 rings (SSSR count). The van der Waals surface area contributed by atoms with Crippen LogP contribution >= 0.6 is 0 Å². The Hall–Kier alpha value is -0.610. The predicted octanol–water partition coefficient (Wildman–Crippen LogP) is -0.549. The smallest absolute Gasteiger partial charge is 0.226 e. The molecule has 76 valence electrons. The highest BCUT2D eigenvalue weighted by molar-refractivity contribution is 5.82. The van der Waals surface area contributed by atoms with Gasteiger partial charge in [0.05, 0.1) is 0 Å². The van der Waals surface area contributed by atoms with E-state index in [-0.39, 0.29) is 11.3 Å². The van der Waals surface area contributed by atoms with Crippen LogP contribution in [0.4, 0.5) is 0 Å². The number of carbonyl (C=O) groups is 1. The predicted molar refractivity (Wildman–Crippen MR) is 52.3 cm³/mol. The van der Waals surface area contributed by atoms with Gasteiger partial charge in [0.1, 0.15) is 0 Å². The van der Waals surface area contributed by atoms with Crippen molar-refractivity contribution in [2.24, 2.45) is 11.1 Å². The minimum atomic E-state index is -0.180. The summed E-state index contributed by atoms with van der Waals surface area (Å²) in [6.45, 7) is 5.00. The Kier molecular flexibility index (Phi) is 3.69. The minimum Gasteiger partial charge on any atom is -0.354 e. The first kappa shape index (κ1) is 10.5. The Morgan fingerprint density at radius 3 is 2.69 bits per heavy atom. The lowest BCUT2D eigenvalue weighted by atomic mass is 9.80. The van der Waals surface area contributed by atoms with Gasteiger partial charge in [0.25, 0.3) is 0 Å². The fraction of sp³-hybridized carbons (Fsp3) is 0.889. The molecule has 0 bridgehead atoms. The van der Waals surface area contributed by atoms with Crippen LogP contribution in [0.15, 0.2) is 0 Å². The molecule has 13 heavy (non-hydrogen) atoms. The lowest BCUT2D eigenvalue weighted by Crippen LogP contribution is -2.46. The Morgan fingerprint density at radius 2 is 2.15 bits per heavy atom. The van der Waals surface area contributed by atoms with Crippen molar-refractivity contribution in [2.75, 3.05) is 26.2 Å². The largest absolute Gasteiger partial charge is 0.354 e. The van der Waals surface area contributed by atoms with E-state index in [0.29, 0.717) is 13.1 Å². The maximum Gasteiger partial charge on any atom is 0.226 e. The van der Waals surface area contributed by atoms with Gasteiger partial charge in [0, 0.05) is 18.5 Å². The maximum absolute atomic E-state index is 11.7. The van der Waals surface area contributed by atoms with Crippen molar-refractivity contribution >= 4 is 5.91 Å². The molecule has 1 amide bonds. The van der Waals surface area contributed by atoms with Gasteiger partial charge in [-0.3, -0.25) is 4.79 Å². The van der Waals surface area contributed by atoms with Gasteiger partial charge in [0.2, 0.25) is 5.91 Å². The van der Waals surface area contributed by atoms with E-state index >= 15 is 0 Å². The lowest BCUT2D eigenvalue weighted by molar-refractivity contribution is -0.131. The van der Waals surface area contributed by atoms with Gasteiger partial charge in [-0.2, -0.15) is 0 Å². The SMILES string of the molecule is CC1(C(=O)NCCN)CCNCC1. The van der Waals surface area contributed by atoms with Crippen molar-refractivity contribution in [1.82, 2.24) is 10.6 Å². The zero-order valence-corrected chi connectivity index (χ0v) is 8.23. The molecule has 0 aromatic heterocycles. The van der Waals surface area contributed by atoms with Crippen LogP contribution in [0.3, 0.4) is 0 Å². The van der Waals surface area contributed by atoms with Crippen LogP contribution in [0.5, 0.6) is 0 Å². The molecule has 1 aliphatic heterocycles. The van der Waals surface area contributed by atoms with Gasteiger partial charge in [-0.15, -0.1) is 0 Å². The molecular formula is C9H19N3O. The molecular weight excluding hydrogens is 166 g/mol. The zero-order valence-electron chi connectivity index (χ0n) is 8.23. The normalized spacial score (nSPS) is 21.1. The van der Waals surface area contributed by atoms with Crippen LogP contribution in [-0.4, -0.2) is 32.1 Å². The molecule has 0 radical (unpaired) electrons. The molecule has 0 atom stereocenters. The summed E-state index contributed by atoms with van der Waals surface area (Å²) in [5.41, 5.74) is 5.14. The summed E-state index contributed by atoms with van der Waals surface area (Å²) < 4.78 is 0. The van der Waals surface area contributed by atoms with Crippen LogP contribution in [0.2, 0.25) is 0 Å². The molecule has 0 saturated carbocycles. The van der Waals surface area contributed by atoms with Crippen LogP contribution in [0.25, 0.3) is 0 Å². The number of piperidine rings is 1. The van der Waals surface area contributed by atoms with Crippen molar-refractivity contribution in [3.05, 3.63) is 0 Å². The molecule has 4 N–H and O–H groups in total. The van der Waals surface area contributed by atoms with E-state index in [9.17, 15) is 4.79 Å². The van der Waals surface area contributed by atoms with Crippen molar-refractivity contribution in [2.45, 2.75) is 19.8 Å². The first-order valence-corrected chi connectivity index (χ1v) is 4.88. The summed E-state index contributed by atoms with van der Waals surface area (Å²) in [6.07, 6.45) is 1.84. The molecule has 1 heterocycles. The number of nitrogens with one attached hydrogen (secondary N) is 2. The summed E-state index contributed by atoms with van der Waals surface area (Å²) >= 11 is 0. The molecule has 0 aromatic rings. The van der Waals surface area contributed by atoms with Gasteiger partial charge in [-0.1, -0.05) is 6.92 Å². The molecule has 0 spiro atoms. The molecule has 0 unspecified atom stereocenters. The van der Waals surface area contributed by atoms with E-state index in [1.54, 1.807) is 0 Å². The third-order valence-corrected chi connectivity index (χ3v) is 2.69. The van der Waals surface area contributed by atoms with E-state index in [4.69, 9.17) is 5.73 Å². The van der Waals surface area contributed by atoms with E-state index in [2.05, 4.69) is 10.6 Å². The summed E-state index contributed by atoms with van der Waals surface area (Å²) in [5, 5.41) is 6.10. The number of nitrogens with two attached hydrogens (primary N) is 1. The van der Waals surface area contributed by atoms with Crippen LogP contribution in [-0.2, 0) is 4.79 Å². The summed E-state index contributed by atoms with van der Waals surface area (Å²) in [4.78, 5) is 11.7. The second kappa shape index (κ2) is 4.58. The highest BCUT2D eigenvalue weighted by Crippen LogP contribution is 2.27. The Labute approximate surface area is 79.3 Å². The van der Waals surface area contributed by atoms with Gasteiger partial charge in [-0.05, 0) is 25.9 Å². The van der Waals surface area contributed by atoms with E-state index in [1.807, 2.05) is 6.92 Å². The number of carbonyl (C=O) groups excluding carboxylic acids is 1. The Balaban J connectivity index is 2.42. The van der Waals surface area contributed by atoms with E-state index in [1.165, 1.54) is 0 Å². The first-order valence-electron chi connectivity index (χ1n) is 4.88. The lowest BCUT2D eigenvalue weighted by Gasteiger charge is -2.32. The number of rotatable bonds is 3. The Bertz CT molecular complexity index is 176. The molecule has 0 aliphatic carbocycles. The van der Waals surface area contributed by atoms with Crippen molar-refractivity contribution in [1.29, 1.82) is 0 Å². The monoisotopic (exact) mass is 185 g/mol. The van der Waals surface area contributed by atoms with Gasteiger partial charge >= 0.3 is 0 Å². The number of hydrogen-bond acceptors (Lipinski definition) is 3. The third kappa shape index (κ3) is 2.67. The average Bonchev–Trinajstić information content (AvgIpc) is 2.15. The van der Waals surface area contributed by atoms with Crippen LogP contribution < -0.4 is 16.4 Å². The van der Waals surface area contributed by atoms with E-state index in [0.717, 1.165) is 25.9 Å². The van der Waals surface area contributed by atoms with Gasteiger partial charge in [-0.25, -0.2) is 0 Å². The molecule has 0 aromatic carbocycles. The summed E-state index contributed by atoms with van der Waals surface area (Å²) in [7, 11) is 0. The Morgan fingerprint density at radius 1 is 1.54 bits per heavy atom.